The fourth-order valence-corrected chi connectivity index (χ4v) is 1.90. The maximum atomic E-state index is 13.0. The molecule has 0 saturated carbocycles. The summed E-state index contributed by atoms with van der Waals surface area (Å²) >= 11 is 11.3. The third kappa shape index (κ3) is 4.41. The average Bonchev–Trinajstić information content (AvgIpc) is 2.48. The molecule has 0 bridgehead atoms. The maximum Gasteiger partial charge on any atom is 0.270 e. The summed E-state index contributed by atoms with van der Waals surface area (Å²) in [6.45, 7) is -0.276. The Bertz CT molecular complexity index is 725. The summed E-state index contributed by atoms with van der Waals surface area (Å²) in [6.07, 6.45) is 1.39. The highest BCUT2D eigenvalue weighted by atomic mass is 35.5. The summed E-state index contributed by atoms with van der Waals surface area (Å²) in [5.74, 6) is -1.60. The van der Waals surface area contributed by atoms with E-state index in [2.05, 4.69) is 15.6 Å². The Kier molecular flexibility index (Phi) is 5.30. The molecule has 0 radical (unpaired) electrons. The van der Waals surface area contributed by atoms with Crippen LogP contribution in [0.1, 0.15) is 10.5 Å². The Labute approximate surface area is 135 Å². The van der Waals surface area contributed by atoms with Crippen LogP contribution in [0.25, 0.3) is 0 Å². The first-order valence-corrected chi connectivity index (χ1v) is 6.86. The lowest BCUT2D eigenvalue weighted by molar-refractivity contribution is -0.115. The predicted molar refractivity (Wildman–Crippen MR) is 81.6 cm³/mol. The number of halogens is 3. The highest BCUT2D eigenvalue weighted by molar-refractivity contribution is 6.31. The number of aromatic nitrogens is 1. The lowest BCUT2D eigenvalue weighted by atomic mass is 10.3. The highest BCUT2D eigenvalue weighted by Crippen LogP contribution is 2.19. The van der Waals surface area contributed by atoms with Crippen LogP contribution in [0.15, 0.2) is 36.5 Å². The third-order valence-electron chi connectivity index (χ3n) is 2.57. The van der Waals surface area contributed by atoms with E-state index in [1.807, 2.05) is 0 Å². The zero-order chi connectivity index (χ0) is 16.1. The van der Waals surface area contributed by atoms with Crippen molar-refractivity contribution >= 4 is 40.7 Å². The van der Waals surface area contributed by atoms with Crippen molar-refractivity contribution in [3.05, 3.63) is 58.1 Å². The molecule has 5 nitrogen and oxygen atoms in total. The molecule has 8 heteroatoms. The van der Waals surface area contributed by atoms with Gasteiger partial charge >= 0.3 is 0 Å². The van der Waals surface area contributed by atoms with Crippen molar-refractivity contribution in [2.24, 2.45) is 0 Å². The molecule has 0 unspecified atom stereocenters. The number of carbonyl (C=O) groups is 2. The van der Waals surface area contributed by atoms with E-state index in [1.54, 1.807) is 0 Å². The highest BCUT2D eigenvalue weighted by Gasteiger charge is 2.10. The van der Waals surface area contributed by atoms with Crippen LogP contribution in [-0.4, -0.2) is 23.3 Å². The molecular weight excluding hydrogens is 332 g/mol. The van der Waals surface area contributed by atoms with E-state index < -0.39 is 17.6 Å². The molecule has 1 aromatic heterocycles. The number of carbonyl (C=O) groups excluding carboxylic acids is 2. The van der Waals surface area contributed by atoms with E-state index in [1.165, 1.54) is 30.5 Å². The van der Waals surface area contributed by atoms with Crippen LogP contribution in [0.2, 0.25) is 10.0 Å². The molecule has 114 valence electrons. The van der Waals surface area contributed by atoms with Gasteiger partial charge in [-0.1, -0.05) is 23.2 Å². The molecule has 0 aliphatic heterocycles. The number of nitrogens with one attached hydrogen (secondary N) is 2. The second-order valence-corrected chi connectivity index (χ2v) is 5.06. The van der Waals surface area contributed by atoms with Gasteiger partial charge in [0, 0.05) is 16.9 Å². The Hall–Kier alpha value is -2.18. The molecule has 0 aliphatic carbocycles. The SMILES string of the molecule is O=C(CNC(=O)c1cc(Cl)ccn1)Nc1ccc(F)c(Cl)c1. The number of hydrogen-bond acceptors (Lipinski definition) is 3. The number of benzene rings is 1. The van der Waals surface area contributed by atoms with Crippen molar-refractivity contribution in [2.75, 3.05) is 11.9 Å². The van der Waals surface area contributed by atoms with Crippen LogP contribution in [0.3, 0.4) is 0 Å². The number of hydrogen-bond donors (Lipinski definition) is 2. The van der Waals surface area contributed by atoms with Crippen molar-refractivity contribution < 1.29 is 14.0 Å². The van der Waals surface area contributed by atoms with Crippen LogP contribution in [0.5, 0.6) is 0 Å². The van der Waals surface area contributed by atoms with Crippen molar-refractivity contribution in [1.29, 1.82) is 0 Å². The first-order chi connectivity index (χ1) is 10.5. The molecule has 0 aliphatic rings. The number of rotatable bonds is 4. The summed E-state index contributed by atoms with van der Waals surface area (Å²) in [5, 5.41) is 5.13. The minimum Gasteiger partial charge on any atom is -0.342 e. The van der Waals surface area contributed by atoms with Gasteiger partial charge in [0.1, 0.15) is 11.5 Å². The maximum absolute atomic E-state index is 13.0. The van der Waals surface area contributed by atoms with Gasteiger partial charge in [0.15, 0.2) is 0 Å². The molecule has 22 heavy (non-hydrogen) atoms. The predicted octanol–water partition coefficient (Wildman–Crippen LogP) is 2.90. The third-order valence-corrected chi connectivity index (χ3v) is 3.09. The van der Waals surface area contributed by atoms with Gasteiger partial charge in [-0.05, 0) is 30.3 Å². The lowest BCUT2D eigenvalue weighted by Gasteiger charge is -2.07. The number of anilines is 1. The van der Waals surface area contributed by atoms with Crippen LogP contribution in [-0.2, 0) is 4.79 Å². The van der Waals surface area contributed by atoms with Gasteiger partial charge in [0.05, 0.1) is 11.6 Å². The first kappa shape index (κ1) is 16.2. The Morgan fingerprint density at radius 2 is 1.95 bits per heavy atom. The zero-order valence-corrected chi connectivity index (χ0v) is 12.6. The van der Waals surface area contributed by atoms with E-state index in [0.29, 0.717) is 10.7 Å². The van der Waals surface area contributed by atoms with Crippen molar-refractivity contribution in [3.8, 4) is 0 Å². The minimum absolute atomic E-state index is 0.102. The molecule has 1 heterocycles. The fourth-order valence-electron chi connectivity index (χ4n) is 1.56. The summed E-state index contributed by atoms with van der Waals surface area (Å²) in [4.78, 5) is 27.3. The van der Waals surface area contributed by atoms with Gasteiger partial charge in [-0.25, -0.2) is 4.39 Å². The van der Waals surface area contributed by atoms with E-state index in [0.717, 1.165) is 6.07 Å². The molecular formula is C14H10Cl2FN3O2. The Morgan fingerprint density at radius 1 is 1.18 bits per heavy atom. The minimum atomic E-state index is -0.583. The molecule has 0 spiro atoms. The smallest absolute Gasteiger partial charge is 0.270 e. The normalized spacial score (nSPS) is 10.1. The van der Waals surface area contributed by atoms with E-state index >= 15 is 0 Å². The van der Waals surface area contributed by atoms with Gasteiger partial charge in [0.2, 0.25) is 5.91 Å². The van der Waals surface area contributed by atoms with Gasteiger partial charge < -0.3 is 10.6 Å². The second kappa shape index (κ2) is 7.20. The molecule has 0 saturated heterocycles. The topological polar surface area (TPSA) is 71.1 Å². The first-order valence-electron chi connectivity index (χ1n) is 6.10. The summed E-state index contributed by atoms with van der Waals surface area (Å²) in [7, 11) is 0. The Morgan fingerprint density at radius 3 is 2.64 bits per heavy atom. The lowest BCUT2D eigenvalue weighted by Crippen LogP contribution is -2.33. The van der Waals surface area contributed by atoms with Gasteiger partial charge in [-0.3, -0.25) is 14.6 Å². The number of amides is 2. The average molecular weight is 342 g/mol. The molecule has 0 atom stereocenters. The van der Waals surface area contributed by atoms with E-state index in [9.17, 15) is 14.0 Å². The monoisotopic (exact) mass is 341 g/mol. The molecule has 0 fully saturated rings. The summed E-state index contributed by atoms with van der Waals surface area (Å²) in [5.41, 5.74) is 0.427. The van der Waals surface area contributed by atoms with E-state index in [-0.39, 0.29) is 17.3 Å². The van der Waals surface area contributed by atoms with Crippen molar-refractivity contribution in [2.45, 2.75) is 0 Å². The summed E-state index contributed by atoms with van der Waals surface area (Å²) in [6, 6.07) is 6.68. The van der Waals surface area contributed by atoms with Gasteiger partial charge in [0.25, 0.3) is 5.91 Å². The Balaban J connectivity index is 1.90. The van der Waals surface area contributed by atoms with Gasteiger partial charge in [-0.2, -0.15) is 0 Å². The number of pyridine rings is 1. The fraction of sp³-hybridized carbons (Fsp3) is 0.0714. The molecule has 2 aromatic rings. The quantitative estimate of drug-likeness (QED) is 0.898. The second-order valence-electron chi connectivity index (χ2n) is 4.22. The molecule has 2 rings (SSSR count). The molecule has 1 aromatic carbocycles. The van der Waals surface area contributed by atoms with Gasteiger partial charge in [-0.15, -0.1) is 0 Å². The van der Waals surface area contributed by atoms with E-state index in [4.69, 9.17) is 23.2 Å². The van der Waals surface area contributed by atoms with Crippen LogP contribution in [0, 0.1) is 5.82 Å². The van der Waals surface area contributed by atoms with Crippen LogP contribution < -0.4 is 10.6 Å². The number of nitrogens with zero attached hydrogens (tertiary/aromatic N) is 1. The summed E-state index contributed by atoms with van der Waals surface area (Å²) < 4.78 is 13.0. The zero-order valence-electron chi connectivity index (χ0n) is 11.1. The van der Waals surface area contributed by atoms with Crippen molar-refractivity contribution in [1.82, 2.24) is 10.3 Å². The van der Waals surface area contributed by atoms with Crippen LogP contribution >= 0.6 is 23.2 Å². The largest absolute Gasteiger partial charge is 0.342 e. The van der Waals surface area contributed by atoms with Crippen molar-refractivity contribution in [3.63, 3.8) is 0 Å². The standard InChI is InChI=1S/C14H10Cl2FN3O2/c15-8-3-4-18-12(5-8)14(22)19-7-13(21)20-9-1-2-11(17)10(16)6-9/h1-6H,7H2,(H,19,22)(H,20,21). The van der Waals surface area contributed by atoms with Crippen LogP contribution in [0.4, 0.5) is 10.1 Å². The molecule has 2 N–H and O–H groups in total. The molecule has 2 amide bonds.